The molecule has 22 heavy (non-hydrogen) atoms. The van der Waals surface area contributed by atoms with Crippen LogP contribution in [0.3, 0.4) is 0 Å². The van der Waals surface area contributed by atoms with Crippen molar-refractivity contribution in [2.24, 2.45) is 5.73 Å². The average molecular weight is 298 g/mol. The summed E-state index contributed by atoms with van der Waals surface area (Å²) in [6.07, 6.45) is 5.02. The Bertz CT molecular complexity index is 633. The highest BCUT2D eigenvalue weighted by atomic mass is 16.1. The molecule has 1 fully saturated rings. The van der Waals surface area contributed by atoms with Gasteiger partial charge in [-0.05, 0) is 43.5 Å². The maximum atomic E-state index is 11.8. The fourth-order valence-corrected chi connectivity index (χ4v) is 4.42. The Morgan fingerprint density at radius 2 is 2.05 bits per heavy atom. The Labute approximate surface area is 130 Å². The molecule has 1 aromatic rings. The van der Waals surface area contributed by atoms with E-state index < -0.39 is 0 Å². The molecular formula is C17H22N4O. The SMILES string of the molecule is NC(=O)C1=CNC2N1CCc1ccccc1C21CCNCC1. The first kappa shape index (κ1) is 13.6. The van der Waals surface area contributed by atoms with E-state index in [2.05, 4.69) is 39.8 Å². The van der Waals surface area contributed by atoms with Crippen molar-refractivity contribution in [2.75, 3.05) is 19.6 Å². The number of amides is 1. The van der Waals surface area contributed by atoms with Crippen LogP contribution in [-0.2, 0) is 16.6 Å². The van der Waals surface area contributed by atoms with Gasteiger partial charge < -0.3 is 21.3 Å². The molecule has 3 heterocycles. The summed E-state index contributed by atoms with van der Waals surface area (Å²) in [5.41, 5.74) is 9.08. The third-order valence-corrected chi connectivity index (χ3v) is 5.45. The van der Waals surface area contributed by atoms with Gasteiger partial charge in [-0.15, -0.1) is 0 Å². The van der Waals surface area contributed by atoms with Gasteiger partial charge in [-0.3, -0.25) is 4.79 Å². The number of benzene rings is 1. The van der Waals surface area contributed by atoms with Crippen molar-refractivity contribution < 1.29 is 4.79 Å². The summed E-state index contributed by atoms with van der Waals surface area (Å²) in [7, 11) is 0. The molecule has 4 N–H and O–H groups in total. The Balaban J connectivity index is 1.83. The van der Waals surface area contributed by atoms with Crippen molar-refractivity contribution >= 4 is 5.91 Å². The second-order valence-electron chi connectivity index (χ2n) is 6.47. The molecule has 3 aliphatic rings. The first-order valence-electron chi connectivity index (χ1n) is 8.04. The zero-order chi connectivity index (χ0) is 15.2. The summed E-state index contributed by atoms with van der Waals surface area (Å²) in [5, 5.41) is 6.93. The van der Waals surface area contributed by atoms with Crippen LogP contribution in [-0.4, -0.2) is 36.6 Å². The number of hydrogen-bond acceptors (Lipinski definition) is 4. The Morgan fingerprint density at radius 3 is 2.82 bits per heavy atom. The highest BCUT2D eigenvalue weighted by Crippen LogP contribution is 2.44. The maximum absolute atomic E-state index is 11.8. The minimum Gasteiger partial charge on any atom is -0.369 e. The van der Waals surface area contributed by atoms with E-state index in [1.54, 1.807) is 0 Å². The number of primary amides is 1. The average Bonchev–Trinajstić information content (AvgIpc) is 2.94. The number of carbonyl (C=O) groups excluding carboxylic acids is 1. The monoisotopic (exact) mass is 298 g/mol. The van der Waals surface area contributed by atoms with Gasteiger partial charge in [0.1, 0.15) is 11.9 Å². The first-order valence-corrected chi connectivity index (χ1v) is 8.04. The molecule has 116 valence electrons. The molecule has 1 unspecified atom stereocenters. The van der Waals surface area contributed by atoms with Gasteiger partial charge in [-0.1, -0.05) is 24.3 Å². The van der Waals surface area contributed by atoms with E-state index in [-0.39, 0.29) is 17.5 Å². The van der Waals surface area contributed by atoms with Gasteiger partial charge in [0.05, 0.1) is 0 Å². The summed E-state index contributed by atoms with van der Waals surface area (Å²) in [6, 6.07) is 8.75. The van der Waals surface area contributed by atoms with E-state index in [0.717, 1.165) is 38.9 Å². The largest absolute Gasteiger partial charge is 0.369 e. The molecule has 5 nitrogen and oxygen atoms in total. The zero-order valence-electron chi connectivity index (χ0n) is 12.6. The molecule has 4 rings (SSSR count). The van der Waals surface area contributed by atoms with Crippen LogP contribution >= 0.6 is 0 Å². The van der Waals surface area contributed by atoms with Gasteiger partial charge >= 0.3 is 0 Å². The third-order valence-electron chi connectivity index (χ3n) is 5.45. The molecule has 0 aromatic heterocycles. The van der Waals surface area contributed by atoms with E-state index in [0.29, 0.717) is 5.70 Å². The molecule has 1 atom stereocenters. The number of nitrogens with two attached hydrogens (primary N) is 1. The summed E-state index contributed by atoms with van der Waals surface area (Å²) in [4.78, 5) is 14.0. The maximum Gasteiger partial charge on any atom is 0.266 e. The van der Waals surface area contributed by atoms with Crippen LogP contribution < -0.4 is 16.4 Å². The summed E-state index contributed by atoms with van der Waals surface area (Å²) in [6.45, 7) is 2.84. The van der Waals surface area contributed by atoms with E-state index in [9.17, 15) is 4.79 Å². The fourth-order valence-electron chi connectivity index (χ4n) is 4.42. The minimum absolute atomic E-state index is 0.0338. The predicted molar refractivity (Wildman–Crippen MR) is 84.8 cm³/mol. The van der Waals surface area contributed by atoms with Crippen molar-refractivity contribution in [3.8, 4) is 0 Å². The lowest BCUT2D eigenvalue weighted by atomic mass is 9.69. The molecule has 0 bridgehead atoms. The third kappa shape index (κ3) is 1.85. The molecule has 1 saturated heterocycles. The van der Waals surface area contributed by atoms with Gasteiger partial charge in [0.2, 0.25) is 0 Å². The lowest BCUT2D eigenvalue weighted by Gasteiger charge is -2.46. The van der Waals surface area contributed by atoms with Crippen LogP contribution in [0.15, 0.2) is 36.2 Å². The molecule has 0 aliphatic carbocycles. The molecule has 1 amide bonds. The van der Waals surface area contributed by atoms with E-state index >= 15 is 0 Å². The molecule has 5 heteroatoms. The number of rotatable bonds is 1. The van der Waals surface area contributed by atoms with Crippen molar-refractivity contribution in [3.05, 3.63) is 47.3 Å². The number of carbonyl (C=O) groups is 1. The molecular weight excluding hydrogens is 276 g/mol. The quantitative estimate of drug-likeness (QED) is 0.703. The first-order chi connectivity index (χ1) is 10.7. The van der Waals surface area contributed by atoms with Crippen LogP contribution in [0.5, 0.6) is 0 Å². The number of fused-ring (bicyclic) bond motifs is 4. The molecule has 0 saturated carbocycles. The standard InChI is InChI=1S/C17H22N4O/c18-15(22)14-11-20-16-17(6-8-19-9-7-17)13-4-2-1-3-12(13)5-10-21(14)16/h1-4,11,16,19-20H,5-10H2,(H2,18,22). The highest BCUT2D eigenvalue weighted by Gasteiger charge is 2.49. The normalized spacial score (nSPS) is 25.7. The molecule has 3 aliphatic heterocycles. The smallest absolute Gasteiger partial charge is 0.266 e. The van der Waals surface area contributed by atoms with Gasteiger partial charge in [-0.2, -0.15) is 0 Å². The second kappa shape index (κ2) is 5.02. The second-order valence-corrected chi connectivity index (χ2v) is 6.47. The molecule has 1 aromatic carbocycles. The highest BCUT2D eigenvalue weighted by molar-refractivity contribution is 5.91. The topological polar surface area (TPSA) is 70.4 Å². The van der Waals surface area contributed by atoms with Gasteiger partial charge in [0.15, 0.2) is 0 Å². The van der Waals surface area contributed by atoms with Crippen molar-refractivity contribution in [1.29, 1.82) is 0 Å². The summed E-state index contributed by atoms with van der Waals surface area (Å²) >= 11 is 0. The zero-order valence-corrected chi connectivity index (χ0v) is 12.6. The van der Waals surface area contributed by atoms with Crippen LogP contribution in [0, 0.1) is 0 Å². The number of nitrogens with zero attached hydrogens (tertiary/aromatic N) is 1. The van der Waals surface area contributed by atoms with Gasteiger partial charge in [0, 0.05) is 18.2 Å². The lowest BCUT2D eigenvalue weighted by Crippen LogP contribution is -2.57. The van der Waals surface area contributed by atoms with E-state index in [4.69, 9.17) is 5.73 Å². The number of piperidine rings is 1. The van der Waals surface area contributed by atoms with Gasteiger partial charge in [0.25, 0.3) is 5.91 Å². The lowest BCUT2D eigenvalue weighted by molar-refractivity contribution is -0.116. The van der Waals surface area contributed by atoms with E-state index in [1.165, 1.54) is 11.1 Å². The fraction of sp³-hybridized carbons (Fsp3) is 0.471. The predicted octanol–water partition coefficient (Wildman–Crippen LogP) is 0.422. The Morgan fingerprint density at radius 1 is 1.27 bits per heavy atom. The van der Waals surface area contributed by atoms with Crippen molar-refractivity contribution in [1.82, 2.24) is 15.5 Å². The Hall–Kier alpha value is -2.01. The molecule has 0 radical (unpaired) electrons. The van der Waals surface area contributed by atoms with Crippen LogP contribution in [0.2, 0.25) is 0 Å². The van der Waals surface area contributed by atoms with Crippen LogP contribution in [0.4, 0.5) is 0 Å². The summed E-state index contributed by atoms with van der Waals surface area (Å²) < 4.78 is 0. The van der Waals surface area contributed by atoms with Crippen LogP contribution in [0.1, 0.15) is 24.0 Å². The van der Waals surface area contributed by atoms with Crippen molar-refractivity contribution in [3.63, 3.8) is 0 Å². The van der Waals surface area contributed by atoms with E-state index in [1.807, 2.05) is 6.20 Å². The number of hydrogen-bond donors (Lipinski definition) is 3. The molecule has 1 spiro atoms. The number of nitrogens with one attached hydrogen (secondary N) is 2. The van der Waals surface area contributed by atoms with Gasteiger partial charge in [-0.25, -0.2) is 0 Å². The minimum atomic E-state index is -0.343. The van der Waals surface area contributed by atoms with Crippen LogP contribution in [0.25, 0.3) is 0 Å². The summed E-state index contributed by atoms with van der Waals surface area (Å²) in [5.74, 6) is -0.343. The van der Waals surface area contributed by atoms with Crippen molar-refractivity contribution in [2.45, 2.75) is 30.8 Å². The Kier molecular flexibility index (Phi) is 3.11.